The summed E-state index contributed by atoms with van der Waals surface area (Å²) in [5.41, 5.74) is -0.798. The van der Waals surface area contributed by atoms with Gasteiger partial charge in [0.15, 0.2) is 17.9 Å². The minimum absolute atomic E-state index is 0.0629. The number of carbonyl (C=O) groups excluding carboxylic acids is 2. The van der Waals surface area contributed by atoms with Crippen molar-refractivity contribution in [1.29, 1.82) is 0 Å². The fourth-order valence-electron chi connectivity index (χ4n) is 8.47. The molecule has 4 aliphatic heterocycles. The van der Waals surface area contributed by atoms with Crippen LogP contribution in [0.3, 0.4) is 0 Å². The summed E-state index contributed by atoms with van der Waals surface area (Å²) in [5, 5.41) is 33.0. The highest BCUT2D eigenvalue weighted by Crippen LogP contribution is 2.64. The van der Waals surface area contributed by atoms with Gasteiger partial charge in [-0.2, -0.15) is 0 Å². The standard InChI is InChI=1S/C28H36O8/c1-15-13-22(34-23(31)17(15)14-29)26(3)20-10-12-28(33)19-8-7-16-5-4-6-21(30)25(16,2)18(19)9-11-27(20,36-28)24(32)35-26/h4,6-7,18-20,22,24,29,32-33H,5,8-14H2,1-3H3/t18-,19+,20+,22+,24?,25-,26+,27+,28-/m0/s1. The fraction of sp³-hybridized carbons (Fsp3) is 0.714. The quantitative estimate of drug-likeness (QED) is 0.390. The Balaban J connectivity index is 1.37. The number of aliphatic hydroxyl groups excluding tert-OH is 2. The third-order valence-electron chi connectivity index (χ3n) is 10.6. The molecule has 0 aromatic heterocycles. The monoisotopic (exact) mass is 500 g/mol. The molecule has 3 saturated heterocycles. The van der Waals surface area contributed by atoms with E-state index in [1.165, 1.54) is 0 Å². The zero-order valence-corrected chi connectivity index (χ0v) is 21.2. The molecule has 1 spiro atoms. The van der Waals surface area contributed by atoms with E-state index in [1.807, 2.05) is 19.9 Å². The molecule has 0 aromatic rings. The second-order valence-electron chi connectivity index (χ2n) is 12.1. The molecular weight excluding hydrogens is 464 g/mol. The van der Waals surface area contributed by atoms with Gasteiger partial charge in [0.25, 0.3) is 0 Å². The van der Waals surface area contributed by atoms with Crippen LogP contribution >= 0.6 is 0 Å². The Kier molecular flexibility index (Phi) is 5.33. The van der Waals surface area contributed by atoms with E-state index in [2.05, 4.69) is 6.08 Å². The van der Waals surface area contributed by atoms with E-state index in [-0.39, 0.29) is 35.7 Å². The summed E-state index contributed by atoms with van der Waals surface area (Å²) >= 11 is 0. The number of rotatable bonds is 2. The summed E-state index contributed by atoms with van der Waals surface area (Å²) in [6.07, 6.45) is 7.35. The number of cyclic esters (lactones) is 1. The maximum atomic E-state index is 13.2. The summed E-state index contributed by atoms with van der Waals surface area (Å²) in [4.78, 5) is 25.8. The number of allylic oxidation sites excluding steroid dienone is 4. The molecule has 8 heteroatoms. The van der Waals surface area contributed by atoms with Gasteiger partial charge in [-0.3, -0.25) is 4.79 Å². The van der Waals surface area contributed by atoms with Crippen LogP contribution < -0.4 is 0 Å². The Morgan fingerprint density at radius 1 is 1.14 bits per heavy atom. The molecule has 0 saturated carbocycles. The number of fused-ring (bicyclic) bond motifs is 5. The maximum absolute atomic E-state index is 13.2. The van der Waals surface area contributed by atoms with Crippen molar-refractivity contribution in [2.75, 3.05) is 6.61 Å². The second kappa shape index (κ2) is 7.84. The number of carbonyl (C=O) groups is 2. The van der Waals surface area contributed by atoms with Crippen LogP contribution in [-0.2, 0) is 23.8 Å². The fourth-order valence-corrected chi connectivity index (χ4v) is 8.47. The van der Waals surface area contributed by atoms with Gasteiger partial charge in [0, 0.05) is 24.7 Å². The van der Waals surface area contributed by atoms with Crippen molar-refractivity contribution < 1.29 is 39.1 Å². The van der Waals surface area contributed by atoms with Gasteiger partial charge < -0.3 is 29.5 Å². The van der Waals surface area contributed by atoms with Crippen LogP contribution in [0.1, 0.15) is 65.7 Å². The number of esters is 1. The van der Waals surface area contributed by atoms with Gasteiger partial charge in [0.2, 0.25) is 0 Å². The Morgan fingerprint density at radius 2 is 1.92 bits per heavy atom. The van der Waals surface area contributed by atoms with E-state index >= 15 is 0 Å². The average molecular weight is 501 g/mol. The molecule has 9 atom stereocenters. The molecule has 0 aromatic carbocycles. The second-order valence-corrected chi connectivity index (χ2v) is 12.1. The van der Waals surface area contributed by atoms with E-state index < -0.39 is 40.8 Å². The number of hydrogen-bond donors (Lipinski definition) is 3. The van der Waals surface area contributed by atoms with Gasteiger partial charge in [-0.25, -0.2) is 4.79 Å². The molecule has 0 radical (unpaired) electrons. The number of ether oxygens (including phenoxy) is 3. The van der Waals surface area contributed by atoms with Gasteiger partial charge in [-0.1, -0.05) is 23.3 Å². The first-order valence-corrected chi connectivity index (χ1v) is 13.2. The first kappa shape index (κ1) is 24.5. The predicted molar refractivity (Wildman–Crippen MR) is 127 cm³/mol. The van der Waals surface area contributed by atoms with Crippen LogP contribution in [0.2, 0.25) is 0 Å². The van der Waals surface area contributed by atoms with Crippen molar-refractivity contribution in [1.82, 2.24) is 0 Å². The lowest BCUT2D eigenvalue weighted by atomic mass is 9.55. The topological polar surface area (TPSA) is 123 Å². The Morgan fingerprint density at radius 3 is 2.64 bits per heavy atom. The number of hydrogen-bond acceptors (Lipinski definition) is 8. The van der Waals surface area contributed by atoms with Gasteiger partial charge >= 0.3 is 5.97 Å². The number of aliphatic hydroxyl groups is 3. The van der Waals surface area contributed by atoms with E-state index in [4.69, 9.17) is 14.2 Å². The molecule has 2 bridgehead atoms. The van der Waals surface area contributed by atoms with Gasteiger partial charge in [0.05, 0.1) is 17.6 Å². The molecule has 6 rings (SSSR count). The lowest BCUT2D eigenvalue weighted by Crippen LogP contribution is -2.62. The molecule has 196 valence electrons. The van der Waals surface area contributed by atoms with Crippen molar-refractivity contribution in [3.05, 3.63) is 34.9 Å². The normalized spacial score (nSPS) is 50.1. The van der Waals surface area contributed by atoms with Gasteiger partial charge in [-0.15, -0.1) is 0 Å². The van der Waals surface area contributed by atoms with Crippen LogP contribution in [0.25, 0.3) is 0 Å². The van der Waals surface area contributed by atoms with E-state index in [0.717, 1.165) is 17.6 Å². The predicted octanol–water partition coefficient (Wildman–Crippen LogP) is 2.46. The molecule has 3 N–H and O–H groups in total. The first-order valence-electron chi connectivity index (χ1n) is 13.2. The Hall–Kier alpha value is -1.84. The zero-order chi connectivity index (χ0) is 25.7. The van der Waals surface area contributed by atoms with E-state index in [9.17, 15) is 24.9 Å². The lowest BCUT2D eigenvalue weighted by Gasteiger charge is -2.53. The summed E-state index contributed by atoms with van der Waals surface area (Å²) in [6.45, 7) is 5.27. The molecule has 2 aliphatic carbocycles. The molecular formula is C28H36O8. The van der Waals surface area contributed by atoms with Crippen LogP contribution in [0.4, 0.5) is 0 Å². The summed E-state index contributed by atoms with van der Waals surface area (Å²) < 4.78 is 18.6. The van der Waals surface area contributed by atoms with Crippen LogP contribution in [0.5, 0.6) is 0 Å². The highest BCUT2D eigenvalue weighted by Gasteiger charge is 2.72. The molecule has 0 amide bonds. The largest absolute Gasteiger partial charge is 0.456 e. The minimum atomic E-state index is -1.50. The summed E-state index contributed by atoms with van der Waals surface area (Å²) in [7, 11) is 0. The van der Waals surface area contributed by atoms with Gasteiger partial charge in [-0.05, 0) is 64.9 Å². The third-order valence-corrected chi connectivity index (χ3v) is 10.6. The van der Waals surface area contributed by atoms with Crippen LogP contribution in [-0.4, -0.2) is 63.1 Å². The van der Waals surface area contributed by atoms with Crippen molar-refractivity contribution in [2.45, 2.75) is 95.1 Å². The third kappa shape index (κ3) is 2.99. The first-order chi connectivity index (χ1) is 17.0. The summed E-state index contributed by atoms with van der Waals surface area (Å²) in [5.74, 6) is -2.73. The molecule has 4 heterocycles. The molecule has 3 fully saturated rings. The van der Waals surface area contributed by atoms with Crippen molar-refractivity contribution >= 4 is 11.8 Å². The highest BCUT2D eigenvalue weighted by atomic mass is 16.7. The SMILES string of the molecule is CC1=C(CO)C(=O)O[C@@H]([C@]2(C)OC(O)[C@@]34CC[C@H]5[C@@H](CC=C6CC=CC(=O)[C@@]65C)[C@](O)(CC[C@H]23)O4)C1. The smallest absolute Gasteiger partial charge is 0.336 e. The molecule has 6 aliphatic rings. The zero-order valence-electron chi connectivity index (χ0n) is 21.2. The minimum Gasteiger partial charge on any atom is -0.456 e. The van der Waals surface area contributed by atoms with Crippen molar-refractivity contribution in [3.8, 4) is 0 Å². The summed E-state index contributed by atoms with van der Waals surface area (Å²) in [6, 6.07) is 0. The molecule has 1 unspecified atom stereocenters. The van der Waals surface area contributed by atoms with Crippen LogP contribution in [0.15, 0.2) is 34.9 Å². The van der Waals surface area contributed by atoms with Crippen molar-refractivity contribution in [2.24, 2.45) is 23.2 Å². The Bertz CT molecular complexity index is 1110. The van der Waals surface area contributed by atoms with Crippen molar-refractivity contribution in [3.63, 3.8) is 0 Å². The lowest BCUT2D eigenvalue weighted by molar-refractivity contribution is -0.346. The Labute approximate surface area is 211 Å². The average Bonchev–Trinajstić information content (AvgIpc) is 2.97. The molecule has 8 nitrogen and oxygen atoms in total. The van der Waals surface area contributed by atoms with Crippen LogP contribution in [0, 0.1) is 23.2 Å². The highest BCUT2D eigenvalue weighted by molar-refractivity contribution is 5.98. The molecule has 36 heavy (non-hydrogen) atoms. The maximum Gasteiger partial charge on any atom is 0.336 e. The van der Waals surface area contributed by atoms with E-state index in [0.29, 0.717) is 38.5 Å². The van der Waals surface area contributed by atoms with Gasteiger partial charge in [0.1, 0.15) is 17.3 Å². The number of ketones is 1. The van der Waals surface area contributed by atoms with E-state index in [1.54, 1.807) is 13.0 Å².